The van der Waals surface area contributed by atoms with Gasteiger partial charge in [0.15, 0.2) is 5.75 Å². The third-order valence-corrected chi connectivity index (χ3v) is 2.93. The number of nitrogens with zero attached hydrogens (tertiary/aromatic N) is 1. The standard InChI is InChI=1S/C16H19NO4/c18-10-12-20-11-9-17-8-4-7-15(16(17)19)21-13-14-5-2-1-3-6-14/h1-8,18H,9-13H2. The predicted octanol–water partition coefficient (Wildman–Crippen LogP) is 1.44. The Bertz CT molecular complexity index is 595. The summed E-state index contributed by atoms with van der Waals surface area (Å²) in [6.07, 6.45) is 1.69. The van der Waals surface area contributed by atoms with Crippen molar-refractivity contribution in [2.24, 2.45) is 0 Å². The summed E-state index contributed by atoms with van der Waals surface area (Å²) < 4.78 is 12.3. The van der Waals surface area contributed by atoms with E-state index in [9.17, 15) is 4.79 Å². The monoisotopic (exact) mass is 289 g/mol. The van der Waals surface area contributed by atoms with Gasteiger partial charge in [-0.15, -0.1) is 0 Å². The average Bonchev–Trinajstić information content (AvgIpc) is 2.53. The zero-order chi connectivity index (χ0) is 14.9. The molecular weight excluding hydrogens is 270 g/mol. The van der Waals surface area contributed by atoms with Gasteiger partial charge in [0.05, 0.1) is 19.8 Å². The number of hydrogen-bond donors (Lipinski definition) is 1. The lowest BCUT2D eigenvalue weighted by Crippen LogP contribution is -2.23. The van der Waals surface area contributed by atoms with E-state index in [4.69, 9.17) is 14.6 Å². The second-order valence-corrected chi connectivity index (χ2v) is 4.48. The van der Waals surface area contributed by atoms with Gasteiger partial charge in [-0.05, 0) is 17.7 Å². The van der Waals surface area contributed by atoms with Gasteiger partial charge in [-0.25, -0.2) is 0 Å². The highest BCUT2D eigenvalue weighted by Crippen LogP contribution is 2.07. The Morgan fingerprint density at radius 2 is 1.86 bits per heavy atom. The van der Waals surface area contributed by atoms with Gasteiger partial charge in [0.25, 0.3) is 5.56 Å². The lowest BCUT2D eigenvalue weighted by atomic mass is 10.2. The molecule has 2 aromatic rings. The molecule has 21 heavy (non-hydrogen) atoms. The highest BCUT2D eigenvalue weighted by molar-refractivity contribution is 5.19. The smallest absolute Gasteiger partial charge is 0.292 e. The van der Waals surface area contributed by atoms with E-state index in [0.29, 0.717) is 25.5 Å². The molecule has 1 aromatic carbocycles. The number of ether oxygens (including phenoxy) is 2. The fourth-order valence-corrected chi connectivity index (χ4v) is 1.87. The van der Waals surface area contributed by atoms with Gasteiger partial charge >= 0.3 is 0 Å². The summed E-state index contributed by atoms with van der Waals surface area (Å²) in [5.41, 5.74) is 0.833. The van der Waals surface area contributed by atoms with Crippen LogP contribution in [0, 0.1) is 0 Å². The molecule has 0 aliphatic heterocycles. The van der Waals surface area contributed by atoms with Crippen molar-refractivity contribution in [3.63, 3.8) is 0 Å². The molecule has 1 N–H and O–H groups in total. The molecule has 0 bridgehead atoms. The van der Waals surface area contributed by atoms with Crippen molar-refractivity contribution in [2.75, 3.05) is 19.8 Å². The molecule has 0 unspecified atom stereocenters. The first-order valence-corrected chi connectivity index (χ1v) is 6.86. The first-order chi connectivity index (χ1) is 10.3. The Balaban J connectivity index is 1.95. The first-order valence-electron chi connectivity index (χ1n) is 6.86. The number of aliphatic hydroxyl groups excluding tert-OH is 1. The normalized spacial score (nSPS) is 10.5. The van der Waals surface area contributed by atoms with E-state index in [-0.39, 0.29) is 18.8 Å². The Labute approximate surface area is 123 Å². The molecular formula is C16H19NO4. The minimum Gasteiger partial charge on any atom is -0.483 e. The highest BCUT2D eigenvalue weighted by atomic mass is 16.5. The molecule has 0 saturated carbocycles. The predicted molar refractivity (Wildman–Crippen MR) is 79.4 cm³/mol. The molecule has 0 atom stereocenters. The van der Waals surface area contributed by atoms with Crippen LogP contribution in [0.5, 0.6) is 5.75 Å². The molecule has 5 heteroatoms. The van der Waals surface area contributed by atoms with Crippen LogP contribution in [0.1, 0.15) is 5.56 Å². The summed E-state index contributed by atoms with van der Waals surface area (Å²) in [4.78, 5) is 12.2. The molecule has 0 aliphatic rings. The Morgan fingerprint density at radius 3 is 2.62 bits per heavy atom. The SMILES string of the molecule is O=c1c(OCc2ccccc2)cccn1CCOCCO. The quantitative estimate of drug-likeness (QED) is 0.747. The zero-order valence-electron chi connectivity index (χ0n) is 11.8. The summed E-state index contributed by atoms with van der Waals surface area (Å²) in [5, 5.41) is 8.63. The third kappa shape index (κ3) is 4.73. The van der Waals surface area contributed by atoms with Crippen LogP contribution in [-0.4, -0.2) is 29.5 Å². The summed E-state index contributed by atoms with van der Waals surface area (Å²) >= 11 is 0. The van der Waals surface area contributed by atoms with Gasteiger partial charge in [-0.3, -0.25) is 4.79 Å². The fraction of sp³-hybridized carbons (Fsp3) is 0.312. The van der Waals surface area contributed by atoms with Crippen molar-refractivity contribution in [3.8, 4) is 5.75 Å². The van der Waals surface area contributed by atoms with E-state index < -0.39 is 0 Å². The fourth-order valence-electron chi connectivity index (χ4n) is 1.87. The van der Waals surface area contributed by atoms with Gasteiger partial charge in [0, 0.05) is 12.7 Å². The molecule has 0 fully saturated rings. The molecule has 1 aromatic heterocycles. The molecule has 2 rings (SSSR count). The molecule has 0 aliphatic carbocycles. The molecule has 5 nitrogen and oxygen atoms in total. The number of hydrogen-bond acceptors (Lipinski definition) is 4. The van der Waals surface area contributed by atoms with Gasteiger partial charge in [0.2, 0.25) is 0 Å². The maximum absolute atomic E-state index is 12.2. The summed E-state index contributed by atoms with van der Waals surface area (Å²) in [6.45, 7) is 1.43. The summed E-state index contributed by atoms with van der Waals surface area (Å²) in [5.74, 6) is 0.323. The van der Waals surface area contributed by atoms with Crippen LogP contribution in [0.3, 0.4) is 0 Å². The van der Waals surface area contributed by atoms with E-state index >= 15 is 0 Å². The van der Waals surface area contributed by atoms with Crippen molar-refractivity contribution < 1.29 is 14.6 Å². The highest BCUT2D eigenvalue weighted by Gasteiger charge is 2.04. The number of rotatable bonds is 8. The molecule has 0 amide bonds. The lowest BCUT2D eigenvalue weighted by molar-refractivity contribution is 0.0863. The number of pyridine rings is 1. The van der Waals surface area contributed by atoms with Gasteiger partial charge in [-0.2, -0.15) is 0 Å². The van der Waals surface area contributed by atoms with Crippen molar-refractivity contribution in [2.45, 2.75) is 13.2 Å². The molecule has 0 saturated heterocycles. The topological polar surface area (TPSA) is 60.7 Å². The Hall–Kier alpha value is -2.11. The van der Waals surface area contributed by atoms with E-state index in [2.05, 4.69) is 0 Å². The van der Waals surface area contributed by atoms with Crippen molar-refractivity contribution in [3.05, 3.63) is 64.6 Å². The minimum atomic E-state index is -0.180. The van der Waals surface area contributed by atoms with Crippen LogP contribution in [0.4, 0.5) is 0 Å². The van der Waals surface area contributed by atoms with Crippen LogP contribution >= 0.6 is 0 Å². The van der Waals surface area contributed by atoms with Crippen LogP contribution < -0.4 is 10.3 Å². The minimum absolute atomic E-state index is 0.0187. The molecule has 112 valence electrons. The van der Waals surface area contributed by atoms with E-state index in [1.54, 1.807) is 18.3 Å². The second-order valence-electron chi connectivity index (χ2n) is 4.48. The number of aromatic nitrogens is 1. The lowest BCUT2D eigenvalue weighted by Gasteiger charge is -2.09. The largest absolute Gasteiger partial charge is 0.483 e. The van der Waals surface area contributed by atoms with Gasteiger partial charge < -0.3 is 19.1 Å². The summed E-state index contributed by atoms with van der Waals surface area (Å²) in [6, 6.07) is 13.1. The Morgan fingerprint density at radius 1 is 1.05 bits per heavy atom. The summed E-state index contributed by atoms with van der Waals surface area (Å²) in [7, 11) is 0. The van der Waals surface area contributed by atoms with E-state index in [1.165, 1.54) is 4.57 Å². The third-order valence-electron chi connectivity index (χ3n) is 2.93. The van der Waals surface area contributed by atoms with Crippen molar-refractivity contribution in [1.29, 1.82) is 0 Å². The van der Waals surface area contributed by atoms with E-state index in [1.807, 2.05) is 30.3 Å². The van der Waals surface area contributed by atoms with E-state index in [0.717, 1.165) is 5.56 Å². The Kier molecular flexibility index (Phi) is 5.99. The van der Waals surface area contributed by atoms with Crippen molar-refractivity contribution in [1.82, 2.24) is 4.57 Å². The zero-order valence-corrected chi connectivity index (χ0v) is 11.8. The number of benzene rings is 1. The van der Waals surface area contributed by atoms with Gasteiger partial charge in [-0.1, -0.05) is 30.3 Å². The molecule has 1 heterocycles. The first kappa shape index (κ1) is 15.3. The number of aliphatic hydroxyl groups is 1. The molecule has 0 radical (unpaired) electrons. The second kappa shape index (κ2) is 8.24. The maximum atomic E-state index is 12.2. The van der Waals surface area contributed by atoms with Gasteiger partial charge in [0.1, 0.15) is 6.61 Å². The average molecular weight is 289 g/mol. The molecule has 0 spiro atoms. The maximum Gasteiger partial charge on any atom is 0.292 e. The van der Waals surface area contributed by atoms with Crippen LogP contribution in [-0.2, 0) is 17.9 Å². The van der Waals surface area contributed by atoms with Crippen LogP contribution in [0.25, 0.3) is 0 Å². The van der Waals surface area contributed by atoms with Crippen molar-refractivity contribution >= 4 is 0 Å². The van der Waals surface area contributed by atoms with Crippen LogP contribution in [0.15, 0.2) is 53.5 Å². The van der Waals surface area contributed by atoms with Crippen LogP contribution in [0.2, 0.25) is 0 Å².